The Labute approximate surface area is 196 Å². The molecule has 1 aliphatic heterocycles. The first kappa shape index (κ1) is 21.3. The highest BCUT2D eigenvalue weighted by Gasteiger charge is 2.33. The van der Waals surface area contributed by atoms with Crippen LogP contribution in [-0.2, 0) is 4.79 Å². The second-order valence-corrected chi connectivity index (χ2v) is 7.99. The second kappa shape index (κ2) is 8.78. The molecule has 1 aliphatic rings. The standard InChI is InChI=1S/C25H23N7O2/c1-2-20(33)31-14-5-6-18(31)24-30-21(22-23(26)28-13-15-32(22)24)16-8-10-17(11-9-16)25(34)29-19-7-3-4-12-27-19/h2-4,7-13,15,18H,1,5-6,14H2,(H2,26,28)(H,27,29,34). The third-order valence-electron chi connectivity index (χ3n) is 5.95. The Kier molecular flexibility index (Phi) is 5.51. The summed E-state index contributed by atoms with van der Waals surface area (Å²) in [4.78, 5) is 40.1. The van der Waals surface area contributed by atoms with Crippen molar-refractivity contribution in [2.24, 2.45) is 0 Å². The summed E-state index contributed by atoms with van der Waals surface area (Å²) in [5.74, 6) is 1.17. The highest BCUT2D eigenvalue weighted by molar-refractivity contribution is 6.04. The number of nitrogens with one attached hydrogen (secondary N) is 1. The number of carbonyl (C=O) groups is 2. The molecule has 0 saturated carbocycles. The molecule has 34 heavy (non-hydrogen) atoms. The van der Waals surface area contributed by atoms with Crippen LogP contribution in [0, 0.1) is 0 Å². The topological polar surface area (TPSA) is 119 Å². The molecule has 1 fully saturated rings. The Morgan fingerprint density at radius 2 is 1.94 bits per heavy atom. The quantitative estimate of drug-likeness (QED) is 0.447. The second-order valence-electron chi connectivity index (χ2n) is 7.99. The highest BCUT2D eigenvalue weighted by atomic mass is 16.2. The first-order valence-electron chi connectivity index (χ1n) is 10.9. The van der Waals surface area contributed by atoms with Gasteiger partial charge >= 0.3 is 0 Å². The Morgan fingerprint density at radius 3 is 2.68 bits per heavy atom. The van der Waals surface area contributed by atoms with Crippen LogP contribution < -0.4 is 11.1 Å². The van der Waals surface area contributed by atoms with Crippen LogP contribution in [0.5, 0.6) is 0 Å². The van der Waals surface area contributed by atoms with Gasteiger partial charge in [0.05, 0.1) is 6.04 Å². The summed E-state index contributed by atoms with van der Waals surface area (Å²) >= 11 is 0. The molecule has 1 atom stereocenters. The van der Waals surface area contributed by atoms with Gasteiger partial charge in [-0.2, -0.15) is 0 Å². The molecule has 9 heteroatoms. The molecule has 3 N–H and O–H groups in total. The number of hydrogen-bond acceptors (Lipinski definition) is 6. The van der Waals surface area contributed by atoms with Crippen molar-refractivity contribution in [2.45, 2.75) is 18.9 Å². The fourth-order valence-corrected chi connectivity index (χ4v) is 4.34. The molecule has 1 saturated heterocycles. The van der Waals surface area contributed by atoms with Gasteiger partial charge in [0.25, 0.3) is 5.91 Å². The molecule has 3 aromatic heterocycles. The summed E-state index contributed by atoms with van der Waals surface area (Å²) < 4.78 is 1.90. The number of pyridine rings is 1. The SMILES string of the molecule is C=CC(=O)N1CCCC1c1nc(-c2ccc(C(=O)Nc3ccccn3)cc2)c2c(N)nccn12. The van der Waals surface area contributed by atoms with Crippen molar-refractivity contribution in [3.8, 4) is 11.3 Å². The van der Waals surface area contributed by atoms with E-state index in [4.69, 9.17) is 10.7 Å². The molecular weight excluding hydrogens is 430 g/mol. The third-order valence-corrected chi connectivity index (χ3v) is 5.95. The molecule has 2 amide bonds. The van der Waals surface area contributed by atoms with Gasteiger partial charge in [0.15, 0.2) is 0 Å². The van der Waals surface area contributed by atoms with Gasteiger partial charge in [-0.25, -0.2) is 15.0 Å². The molecule has 0 spiro atoms. The molecule has 9 nitrogen and oxygen atoms in total. The Morgan fingerprint density at radius 1 is 1.12 bits per heavy atom. The number of aromatic nitrogens is 4. The minimum absolute atomic E-state index is 0.119. The maximum Gasteiger partial charge on any atom is 0.256 e. The number of hydrogen-bond donors (Lipinski definition) is 2. The Hall–Kier alpha value is -4.53. The van der Waals surface area contributed by atoms with Gasteiger partial charge in [0.2, 0.25) is 5.91 Å². The van der Waals surface area contributed by atoms with E-state index in [9.17, 15) is 9.59 Å². The first-order valence-corrected chi connectivity index (χ1v) is 10.9. The number of benzene rings is 1. The summed E-state index contributed by atoms with van der Waals surface area (Å²) in [6.07, 6.45) is 8.06. The van der Waals surface area contributed by atoms with E-state index in [1.165, 1.54) is 6.08 Å². The van der Waals surface area contributed by atoms with Gasteiger partial charge in [-0.1, -0.05) is 24.8 Å². The average Bonchev–Trinajstić information content (AvgIpc) is 3.50. The predicted molar refractivity (Wildman–Crippen MR) is 129 cm³/mol. The number of imidazole rings is 1. The number of likely N-dealkylation sites (tertiary alicyclic amines) is 1. The van der Waals surface area contributed by atoms with Crippen LogP contribution in [-0.4, -0.2) is 42.6 Å². The summed E-state index contributed by atoms with van der Waals surface area (Å²) in [5, 5.41) is 2.77. The maximum atomic E-state index is 12.6. The number of amides is 2. The zero-order chi connectivity index (χ0) is 23.7. The predicted octanol–water partition coefficient (Wildman–Crippen LogP) is 3.48. The average molecular weight is 454 g/mol. The van der Waals surface area contributed by atoms with Crippen LogP contribution >= 0.6 is 0 Å². The number of nitrogen functional groups attached to an aromatic ring is 1. The van der Waals surface area contributed by atoms with Crippen molar-refractivity contribution in [3.63, 3.8) is 0 Å². The van der Waals surface area contributed by atoms with Crippen molar-refractivity contribution in [1.29, 1.82) is 0 Å². The van der Waals surface area contributed by atoms with E-state index in [1.54, 1.807) is 53.8 Å². The van der Waals surface area contributed by atoms with Crippen molar-refractivity contribution in [1.82, 2.24) is 24.3 Å². The van der Waals surface area contributed by atoms with Crippen molar-refractivity contribution < 1.29 is 9.59 Å². The lowest BCUT2D eigenvalue weighted by Gasteiger charge is -2.22. The molecule has 0 bridgehead atoms. The number of carbonyl (C=O) groups excluding carboxylic acids is 2. The van der Waals surface area contributed by atoms with Crippen LogP contribution in [0.2, 0.25) is 0 Å². The van der Waals surface area contributed by atoms with Gasteiger partial charge in [-0.15, -0.1) is 0 Å². The van der Waals surface area contributed by atoms with E-state index in [0.29, 0.717) is 35.0 Å². The molecule has 1 aromatic carbocycles. The first-order chi connectivity index (χ1) is 16.6. The van der Waals surface area contributed by atoms with Gasteiger partial charge < -0.3 is 16.0 Å². The van der Waals surface area contributed by atoms with E-state index in [-0.39, 0.29) is 17.9 Å². The molecular formula is C25H23N7O2. The zero-order valence-electron chi connectivity index (χ0n) is 18.4. The molecule has 5 rings (SSSR count). The minimum Gasteiger partial charge on any atom is -0.382 e. The summed E-state index contributed by atoms with van der Waals surface area (Å²) in [6.45, 7) is 4.28. The van der Waals surface area contributed by atoms with E-state index >= 15 is 0 Å². The number of fused-ring (bicyclic) bond motifs is 1. The van der Waals surface area contributed by atoms with E-state index in [1.807, 2.05) is 16.5 Å². The number of nitrogens with zero attached hydrogens (tertiary/aromatic N) is 5. The largest absolute Gasteiger partial charge is 0.382 e. The van der Waals surface area contributed by atoms with Crippen molar-refractivity contribution >= 4 is 29.0 Å². The zero-order valence-corrected chi connectivity index (χ0v) is 18.4. The molecule has 4 aromatic rings. The van der Waals surface area contributed by atoms with Gasteiger partial charge in [-0.05, 0) is 43.2 Å². The number of nitrogens with two attached hydrogens (primary N) is 1. The highest BCUT2D eigenvalue weighted by Crippen LogP contribution is 2.36. The van der Waals surface area contributed by atoms with Crippen molar-refractivity contribution in [2.75, 3.05) is 17.6 Å². The number of rotatable bonds is 5. The lowest BCUT2D eigenvalue weighted by Crippen LogP contribution is -2.29. The minimum atomic E-state index is -0.258. The lowest BCUT2D eigenvalue weighted by molar-refractivity contribution is -0.127. The monoisotopic (exact) mass is 453 g/mol. The fourth-order valence-electron chi connectivity index (χ4n) is 4.34. The molecule has 4 heterocycles. The normalized spacial score (nSPS) is 15.4. The van der Waals surface area contributed by atoms with Crippen LogP contribution in [0.15, 0.2) is 73.7 Å². The Balaban J connectivity index is 1.51. The van der Waals surface area contributed by atoms with Crippen molar-refractivity contribution in [3.05, 3.63) is 85.1 Å². The van der Waals surface area contributed by atoms with E-state index < -0.39 is 0 Å². The molecule has 170 valence electrons. The van der Waals surface area contributed by atoms with E-state index in [0.717, 1.165) is 24.2 Å². The van der Waals surface area contributed by atoms with Gasteiger partial charge in [0, 0.05) is 36.3 Å². The van der Waals surface area contributed by atoms with Crippen LogP contribution in [0.3, 0.4) is 0 Å². The van der Waals surface area contributed by atoms with E-state index in [2.05, 4.69) is 21.9 Å². The summed E-state index contributed by atoms with van der Waals surface area (Å²) in [5.41, 5.74) is 8.85. The van der Waals surface area contributed by atoms with Crippen LogP contribution in [0.25, 0.3) is 16.8 Å². The molecule has 1 unspecified atom stereocenters. The maximum absolute atomic E-state index is 12.6. The fraction of sp³-hybridized carbons (Fsp3) is 0.160. The third kappa shape index (κ3) is 3.77. The summed E-state index contributed by atoms with van der Waals surface area (Å²) in [6, 6.07) is 12.2. The van der Waals surface area contributed by atoms with Gasteiger partial charge in [0.1, 0.15) is 28.7 Å². The molecule has 0 radical (unpaired) electrons. The molecule has 0 aliphatic carbocycles. The van der Waals surface area contributed by atoms with Crippen LogP contribution in [0.1, 0.15) is 35.1 Å². The smallest absolute Gasteiger partial charge is 0.256 e. The lowest BCUT2D eigenvalue weighted by atomic mass is 10.1. The van der Waals surface area contributed by atoms with Crippen LogP contribution in [0.4, 0.5) is 11.6 Å². The van der Waals surface area contributed by atoms with Gasteiger partial charge in [-0.3, -0.25) is 14.0 Å². The number of anilines is 2. The summed E-state index contributed by atoms with van der Waals surface area (Å²) in [7, 11) is 0. The Bertz CT molecular complexity index is 1380.